The van der Waals surface area contributed by atoms with Gasteiger partial charge in [-0.1, -0.05) is 129 Å². The molecule has 0 heterocycles. The molecule has 0 rings (SSSR count). The summed E-state index contributed by atoms with van der Waals surface area (Å²) in [6.07, 6.45) is 28.2. The molecule has 0 radical (unpaired) electrons. The molecule has 0 saturated heterocycles. The van der Waals surface area contributed by atoms with Gasteiger partial charge in [-0.05, 0) is 19.4 Å². The molecule has 0 atom stereocenters. The third-order valence-electron chi connectivity index (χ3n) is 5.28. The Labute approximate surface area is 177 Å². The molecular weight excluding hydrogens is 344 g/mol. The van der Waals surface area contributed by atoms with Crippen LogP contribution in [-0.4, -0.2) is 19.2 Å². The highest BCUT2D eigenvalue weighted by molar-refractivity contribution is 5.38. The predicted octanol–water partition coefficient (Wildman–Crippen LogP) is 8.85. The van der Waals surface area contributed by atoms with Gasteiger partial charge in [0.15, 0.2) is 0 Å². The van der Waals surface area contributed by atoms with E-state index in [9.17, 15) is 0 Å². The van der Waals surface area contributed by atoms with Crippen LogP contribution in [0.3, 0.4) is 0 Å². The summed E-state index contributed by atoms with van der Waals surface area (Å²) in [5.74, 6) is 1.25. The third kappa shape index (κ3) is 33.0. The molecule has 0 bridgehead atoms. The van der Waals surface area contributed by atoms with Crippen molar-refractivity contribution in [2.24, 2.45) is 0 Å². The molecule has 0 aromatic heterocycles. The van der Waals surface area contributed by atoms with E-state index in [1.54, 1.807) is 0 Å². The lowest BCUT2D eigenvalue weighted by molar-refractivity contribution is 0.125. The van der Waals surface area contributed by atoms with E-state index in [4.69, 9.17) is 9.53 Å². The van der Waals surface area contributed by atoms with Crippen LogP contribution in [0.5, 0.6) is 0 Å². The summed E-state index contributed by atoms with van der Waals surface area (Å²) in [6, 6.07) is 0. The molecule has 0 amide bonds. The van der Waals surface area contributed by atoms with Gasteiger partial charge in [0.1, 0.15) is 5.94 Å². The fraction of sp³-hybridized carbons (Fsp3) is 0.923. The molecule has 2 heteroatoms. The van der Waals surface area contributed by atoms with E-state index in [0.29, 0.717) is 0 Å². The van der Waals surface area contributed by atoms with Crippen LogP contribution < -0.4 is 0 Å². The molecule has 0 aliphatic heterocycles. The minimum atomic E-state index is 0.994. The highest BCUT2D eigenvalue weighted by atomic mass is 16.5. The zero-order chi connectivity index (χ0) is 21.0. The molecule has 0 aliphatic carbocycles. The van der Waals surface area contributed by atoms with Crippen LogP contribution in [0.2, 0.25) is 0 Å². The molecule has 0 aromatic rings. The highest BCUT2D eigenvalue weighted by Crippen LogP contribution is 2.12. The molecule has 0 unspecified atom stereocenters. The van der Waals surface area contributed by atoms with Crippen molar-refractivity contribution in [1.29, 1.82) is 0 Å². The quantitative estimate of drug-likeness (QED) is 0.135. The lowest BCUT2D eigenvalue weighted by atomic mass is 10.1. The van der Waals surface area contributed by atoms with Crippen LogP contribution in [0.15, 0.2) is 6.58 Å². The Balaban J connectivity index is 0. The van der Waals surface area contributed by atoms with E-state index in [1.807, 2.05) is 0 Å². The topological polar surface area (TPSA) is 26.3 Å². The molecule has 0 N–H and O–H groups in total. The van der Waals surface area contributed by atoms with Crippen molar-refractivity contribution in [1.82, 2.24) is 0 Å². The number of hydrogen-bond acceptors (Lipinski definition) is 2. The van der Waals surface area contributed by atoms with Crippen molar-refractivity contribution in [3.8, 4) is 0 Å². The summed E-state index contributed by atoms with van der Waals surface area (Å²) >= 11 is 0. The fourth-order valence-electron chi connectivity index (χ4n) is 3.49. The Morgan fingerprint density at radius 1 is 0.500 bits per heavy atom. The van der Waals surface area contributed by atoms with E-state index in [2.05, 4.69) is 20.4 Å². The number of ether oxygens (including phenoxy) is 1. The minimum Gasteiger partial charge on any atom is -0.381 e. The monoisotopic (exact) mass is 396 g/mol. The zero-order valence-corrected chi connectivity index (χ0v) is 19.6. The van der Waals surface area contributed by atoms with Crippen LogP contribution in [0.4, 0.5) is 0 Å². The zero-order valence-electron chi connectivity index (χ0n) is 19.6. The first-order chi connectivity index (χ1) is 13.8. The molecule has 0 fully saturated rings. The normalized spacial score (nSPS) is 10.4. The molecule has 28 heavy (non-hydrogen) atoms. The van der Waals surface area contributed by atoms with Crippen LogP contribution in [0.25, 0.3) is 0 Å². The standard InChI is InChI=1S/C24H50O.C2H2O/c1-3-5-7-9-11-13-15-17-19-21-23-25-24-22-20-18-16-14-12-10-8-6-4-2;1-2-3/h3-24H2,1-2H3;1H2. The molecule has 0 aromatic carbocycles. The largest absolute Gasteiger partial charge is 0.381 e. The Kier molecular flexibility index (Phi) is 32.9. The lowest BCUT2D eigenvalue weighted by Crippen LogP contribution is -1.97. The van der Waals surface area contributed by atoms with Crippen LogP contribution in [-0.2, 0) is 9.53 Å². The van der Waals surface area contributed by atoms with Crippen molar-refractivity contribution < 1.29 is 9.53 Å². The average molecular weight is 397 g/mol. The Bertz CT molecular complexity index is 260. The van der Waals surface area contributed by atoms with Crippen LogP contribution >= 0.6 is 0 Å². The number of hydrogen-bond donors (Lipinski definition) is 0. The SMILES string of the molecule is C=C=O.CCCCCCCCCCCCOCCCCCCCCCCCC. The second kappa shape index (κ2) is 31.1. The summed E-state index contributed by atoms with van der Waals surface area (Å²) in [5, 5.41) is 0. The predicted molar refractivity (Wildman–Crippen MR) is 126 cm³/mol. The highest BCUT2D eigenvalue weighted by Gasteiger charge is 1.95. The number of rotatable bonds is 22. The maximum atomic E-state index is 8.57. The second-order valence-corrected chi connectivity index (χ2v) is 8.12. The van der Waals surface area contributed by atoms with E-state index >= 15 is 0 Å². The van der Waals surface area contributed by atoms with Gasteiger partial charge in [0.2, 0.25) is 0 Å². The molecule has 168 valence electrons. The molecular formula is C26H52O2. The molecule has 0 spiro atoms. The molecule has 2 nitrogen and oxygen atoms in total. The summed E-state index contributed by atoms with van der Waals surface area (Å²) in [6.45, 7) is 9.25. The summed E-state index contributed by atoms with van der Waals surface area (Å²) in [7, 11) is 0. The molecule has 0 saturated carbocycles. The van der Waals surface area contributed by atoms with Gasteiger partial charge in [-0.25, -0.2) is 4.79 Å². The first-order valence-electron chi connectivity index (χ1n) is 12.5. The van der Waals surface area contributed by atoms with Crippen LogP contribution in [0, 0.1) is 0 Å². The van der Waals surface area contributed by atoms with E-state index in [1.165, 1.54) is 134 Å². The van der Waals surface area contributed by atoms with Gasteiger partial charge in [-0.2, -0.15) is 0 Å². The van der Waals surface area contributed by atoms with Crippen molar-refractivity contribution in [2.75, 3.05) is 13.2 Å². The smallest absolute Gasteiger partial charge is 0.116 e. The number of unbranched alkanes of at least 4 members (excludes halogenated alkanes) is 18. The Morgan fingerprint density at radius 2 is 0.714 bits per heavy atom. The van der Waals surface area contributed by atoms with E-state index < -0.39 is 0 Å². The fourth-order valence-corrected chi connectivity index (χ4v) is 3.49. The van der Waals surface area contributed by atoms with Gasteiger partial charge < -0.3 is 4.74 Å². The maximum Gasteiger partial charge on any atom is 0.116 e. The lowest BCUT2D eigenvalue weighted by Gasteiger charge is -2.05. The first kappa shape index (κ1) is 29.6. The van der Waals surface area contributed by atoms with Gasteiger partial charge in [-0.3, -0.25) is 0 Å². The van der Waals surface area contributed by atoms with Crippen molar-refractivity contribution in [2.45, 2.75) is 142 Å². The maximum absolute atomic E-state index is 8.57. The summed E-state index contributed by atoms with van der Waals surface area (Å²) in [5.41, 5.74) is 0. The van der Waals surface area contributed by atoms with Crippen molar-refractivity contribution >= 4 is 5.94 Å². The first-order valence-corrected chi connectivity index (χ1v) is 12.5. The third-order valence-corrected chi connectivity index (χ3v) is 5.28. The number of carbonyl (C=O) groups excluding carboxylic acids is 1. The summed E-state index contributed by atoms with van der Waals surface area (Å²) < 4.78 is 5.78. The van der Waals surface area contributed by atoms with Gasteiger partial charge in [-0.15, -0.1) is 0 Å². The average Bonchev–Trinajstić information content (AvgIpc) is 2.70. The Hall–Kier alpha value is -0.590. The van der Waals surface area contributed by atoms with Crippen LogP contribution in [0.1, 0.15) is 142 Å². The van der Waals surface area contributed by atoms with Gasteiger partial charge >= 0.3 is 0 Å². The summed E-state index contributed by atoms with van der Waals surface area (Å²) in [4.78, 5) is 8.57. The van der Waals surface area contributed by atoms with Gasteiger partial charge in [0.25, 0.3) is 0 Å². The second-order valence-electron chi connectivity index (χ2n) is 8.12. The van der Waals surface area contributed by atoms with Crippen molar-refractivity contribution in [3.63, 3.8) is 0 Å². The Morgan fingerprint density at radius 3 is 0.964 bits per heavy atom. The molecule has 0 aliphatic rings. The van der Waals surface area contributed by atoms with Gasteiger partial charge in [0, 0.05) is 13.2 Å². The van der Waals surface area contributed by atoms with E-state index in [-0.39, 0.29) is 0 Å². The van der Waals surface area contributed by atoms with Gasteiger partial charge in [0.05, 0.1) is 0 Å². The van der Waals surface area contributed by atoms with E-state index in [0.717, 1.165) is 13.2 Å². The van der Waals surface area contributed by atoms with Crippen molar-refractivity contribution in [3.05, 3.63) is 6.58 Å². The minimum absolute atomic E-state index is 0.994.